The van der Waals surface area contributed by atoms with E-state index in [1.54, 1.807) is 0 Å². The molecule has 9 rings (SSSR count). The van der Waals surface area contributed by atoms with Crippen LogP contribution in [0.4, 0.5) is 0 Å². The third-order valence-corrected chi connectivity index (χ3v) is 10.9. The van der Waals surface area contributed by atoms with Gasteiger partial charge in [-0.15, -0.1) is 0 Å². The summed E-state index contributed by atoms with van der Waals surface area (Å²) in [4.78, 5) is 11.0. The van der Waals surface area contributed by atoms with Gasteiger partial charge in [0.25, 0.3) is 0 Å². The van der Waals surface area contributed by atoms with Gasteiger partial charge in [0.1, 0.15) is 0 Å². The van der Waals surface area contributed by atoms with Gasteiger partial charge in [0.15, 0.2) is 0 Å². The molecule has 5 heteroatoms. The molecule has 271 valence electrons. The van der Waals surface area contributed by atoms with Gasteiger partial charge in [-0.25, -0.2) is 9.97 Å². The second-order valence-corrected chi connectivity index (χ2v) is 14.7. The maximum Gasteiger partial charge on any atom is 0.0737 e. The van der Waals surface area contributed by atoms with E-state index in [0.29, 0.717) is 0 Å². The summed E-state index contributed by atoms with van der Waals surface area (Å²) in [5, 5.41) is 0. The zero-order valence-electron chi connectivity index (χ0n) is 32.0. The Balaban J connectivity index is 0.00000427. The van der Waals surface area contributed by atoms with Crippen LogP contribution in [0.25, 0.3) is 90.9 Å². The van der Waals surface area contributed by atoms with Crippen molar-refractivity contribution in [2.24, 2.45) is 14.1 Å². The molecule has 2 aliphatic heterocycles. The zero-order valence-corrected chi connectivity index (χ0v) is 33.0. The van der Waals surface area contributed by atoms with Crippen LogP contribution in [-0.2, 0) is 30.9 Å². The van der Waals surface area contributed by atoms with Crippen LogP contribution >= 0.6 is 0 Å². The van der Waals surface area contributed by atoms with Crippen molar-refractivity contribution in [2.45, 2.75) is 27.7 Å². The Morgan fingerprint density at radius 2 is 0.509 bits per heavy atom. The van der Waals surface area contributed by atoms with E-state index in [2.05, 4.69) is 197 Å². The fourth-order valence-electron chi connectivity index (χ4n) is 7.90. The molecule has 55 heavy (non-hydrogen) atoms. The summed E-state index contributed by atoms with van der Waals surface area (Å²) < 4.78 is 4.63. The minimum absolute atomic E-state index is 0. The summed E-state index contributed by atoms with van der Waals surface area (Å²) in [5.74, 6) is 0. The minimum atomic E-state index is 0. The third kappa shape index (κ3) is 6.39. The molecule has 2 aliphatic rings. The van der Waals surface area contributed by atoms with Gasteiger partial charge in [-0.3, -0.25) is 0 Å². The van der Waals surface area contributed by atoms with Crippen LogP contribution < -0.4 is 0 Å². The number of aromatic nitrogens is 4. The molecular formula is C50H42CoN4. The molecule has 0 aliphatic carbocycles. The van der Waals surface area contributed by atoms with Gasteiger partial charge in [-0.1, -0.05) is 119 Å². The molecule has 0 N–H and O–H groups in total. The standard InChI is InChI=1S/C50H42N4.Co/c1-31-7-15-35(16-8-31)47-39-23-24-40(51-39)48(36-17-9-32(2)10-18-36)45-29-30-46(54(45)6)50(38-21-13-34(4)14-22-38)42-26-25-41(52-42)49(37-19-11-33(3)12-20-37)44-28-27-43(47)53(44)5;/h7-30H,1-6H3;. The SMILES string of the molecule is Cc1ccc(-c2c3nc(c(-c4ccc(C)cc4)c4ccc(c(-c5ccc(C)cc5)c5nc(c(-c6ccc(C)cc6)c6ccc2n6C)C=C5)n4C)C=C3)cc1.[Co]. The van der Waals surface area contributed by atoms with Gasteiger partial charge in [-0.2, -0.15) is 0 Å². The Labute approximate surface area is 333 Å². The van der Waals surface area contributed by atoms with E-state index in [9.17, 15) is 0 Å². The Bertz CT molecular complexity index is 2450. The van der Waals surface area contributed by atoms with E-state index in [0.717, 1.165) is 89.4 Å². The number of hydrogen-bond acceptors (Lipinski definition) is 2. The first-order chi connectivity index (χ1) is 26.2. The first kappa shape index (κ1) is 36.0. The summed E-state index contributed by atoms with van der Waals surface area (Å²) in [6.45, 7) is 8.54. The number of fused-ring (bicyclic) bond motifs is 8. The molecular weight excluding hydrogens is 716 g/mol. The molecule has 0 fully saturated rings. The van der Waals surface area contributed by atoms with Gasteiger partial charge in [-0.05, 0) is 98.5 Å². The Morgan fingerprint density at radius 1 is 0.309 bits per heavy atom. The van der Waals surface area contributed by atoms with Gasteiger partial charge in [0.05, 0.1) is 44.8 Å². The Morgan fingerprint density at radius 3 is 0.709 bits per heavy atom. The zero-order chi connectivity index (χ0) is 37.1. The fourth-order valence-corrected chi connectivity index (χ4v) is 7.90. The molecule has 3 aromatic heterocycles. The van der Waals surface area contributed by atoms with Crippen molar-refractivity contribution >= 4 is 46.4 Å². The Kier molecular flexibility index (Phi) is 9.38. The number of benzene rings is 4. The van der Waals surface area contributed by atoms with E-state index in [1.165, 1.54) is 22.3 Å². The number of hydrogen-bond donors (Lipinski definition) is 0. The van der Waals surface area contributed by atoms with Gasteiger partial charge >= 0.3 is 0 Å². The summed E-state index contributed by atoms with van der Waals surface area (Å²) in [6, 6.07) is 44.2. The predicted octanol–water partition coefficient (Wildman–Crippen LogP) is 12.6. The van der Waals surface area contributed by atoms with E-state index >= 15 is 0 Å². The monoisotopic (exact) mass is 757 g/mol. The third-order valence-electron chi connectivity index (χ3n) is 10.9. The van der Waals surface area contributed by atoms with Crippen molar-refractivity contribution in [1.82, 2.24) is 19.1 Å². The molecule has 0 amide bonds. The minimum Gasteiger partial charge on any atom is -0.343 e. The van der Waals surface area contributed by atoms with Crippen molar-refractivity contribution < 1.29 is 16.8 Å². The quantitative estimate of drug-likeness (QED) is 0.179. The molecule has 0 atom stereocenters. The summed E-state index contributed by atoms with van der Waals surface area (Å²) in [6.07, 6.45) is 8.75. The van der Waals surface area contributed by atoms with Crippen LogP contribution in [0.3, 0.4) is 0 Å². The van der Waals surface area contributed by atoms with Crippen molar-refractivity contribution in [1.29, 1.82) is 0 Å². The molecule has 4 aromatic carbocycles. The number of nitrogens with zero attached hydrogens (tertiary/aromatic N) is 4. The van der Waals surface area contributed by atoms with E-state index in [1.807, 2.05) is 0 Å². The van der Waals surface area contributed by atoms with Crippen molar-refractivity contribution in [3.8, 4) is 44.5 Å². The molecule has 7 aromatic rings. The first-order valence-corrected chi connectivity index (χ1v) is 18.6. The topological polar surface area (TPSA) is 35.6 Å². The van der Waals surface area contributed by atoms with Crippen molar-refractivity contribution in [3.05, 3.63) is 166 Å². The molecule has 0 unspecified atom stereocenters. The maximum absolute atomic E-state index is 5.51. The second-order valence-electron chi connectivity index (χ2n) is 14.7. The van der Waals surface area contributed by atoms with Crippen LogP contribution in [0.1, 0.15) is 45.0 Å². The van der Waals surface area contributed by atoms with Gasteiger partial charge in [0.2, 0.25) is 0 Å². The average molecular weight is 758 g/mol. The molecule has 0 spiro atoms. The Hall–Kier alpha value is -6.01. The van der Waals surface area contributed by atoms with E-state index in [4.69, 9.17) is 9.97 Å². The number of rotatable bonds is 4. The van der Waals surface area contributed by atoms with E-state index < -0.39 is 0 Å². The smallest absolute Gasteiger partial charge is 0.0737 e. The van der Waals surface area contributed by atoms with Crippen molar-refractivity contribution in [2.75, 3.05) is 0 Å². The van der Waals surface area contributed by atoms with Gasteiger partial charge < -0.3 is 9.13 Å². The molecule has 0 saturated heterocycles. The summed E-state index contributed by atoms with van der Waals surface area (Å²) >= 11 is 0. The van der Waals surface area contributed by atoms with Crippen LogP contribution in [0.2, 0.25) is 0 Å². The molecule has 0 saturated carbocycles. The molecule has 8 bridgehead atoms. The van der Waals surface area contributed by atoms with Crippen LogP contribution in [0.5, 0.6) is 0 Å². The van der Waals surface area contributed by atoms with Crippen LogP contribution in [0, 0.1) is 27.7 Å². The maximum atomic E-state index is 5.51. The van der Waals surface area contributed by atoms with Crippen LogP contribution in [0.15, 0.2) is 121 Å². The summed E-state index contributed by atoms with van der Waals surface area (Å²) in [5.41, 5.74) is 21.9. The average Bonchev–Trinajstić information content (AvgIpc) is 3.99. The van der Waals surface area contributed by atoms with Crippen molar-refractivity contribution in [3.63, 3.8) is 0 Å². The van der Waals surface area contributed by atoms with Gasteiger partial charge in [0, 0.05) is 53.1 Å². The first-order valence-electron chi connectivity index (χ1n) is 18.6. The molecule has 1 radical (unpaired) electrons. The predicted molar refractivity (Wildman–Crippen MR) is 229 cm³/mol. The van der Waals surface area contributed by atoms with Crippen LogP contribution in [-0.4, -0.2) is 19.1 Å². The number of aryl methyl sites for hydroxylation is 6. The second kappa shape index (κ2) is 14.3. The largest absolute Gasteiger partial charge is 0.343 e. The van der Waals surface area contributed by atoms with E-state index in [-0.39, 0.29) is 16.8 Å². The molecule has 4 nitrogen and oxygen atoms in total. The fraction of sp³-hybridized carbons (Fsp3) is 0.120. The normalized spacial score (nSPS) is 11.9. The summed E-state index contributed by atoms with van der Waals surface area (Å²) in [7, 11) is 4.34. The molecule has 5 heterocycles.